The van der Waals surface area contributed by atoms with Gasteiger partial charge in [0.05, 0.1) is 17.4 Å². The Balaban J connectivity index is 1.04. The van der Waals surface area contributed by atoms with Crippen LogP contribution in [-0.2, 0) is 23.9 Å². The number of allylic oxidation sites excluding steroid dienone is 1. The van der Waals surface area contributed by atoms with E-state index in [1.165, 1.54) is 5.57 Å². The maximum Gasteiger partial charge on any atom is 0.309 e. The maximum atomic E-state index is 14.4. The highest BCUT2D eigenvalue weighted by Crippen LogP contribution is 2.76. The second-order valence-corrected chi connectivity index (χ2v) is 22.4. The van der Waals surface area contributed by atoms with Crippen molar-refractivity contribution in [1.29, 1.82) is 0 Å². The first-order valence-electron chi connectivity index (χ1n) is 22.4. The molecule has 2 amide bonds. The fourth-order valence-corrected chi connectivity index (χ4v) is 14.8. The van der Waals surface area contributed by atoms with E-state index in [2.05, 4.69) is 59.1 Å². The van der Waals surface area contributed by atoms with E-state index >= 15 is 0 Å². The Bertz CT molecular complexity index is 1970. The van der Waals surface area contributed by atoms with E-state index in [1.807, 2.05) is 32.9 Å². The molecule has 1 unspecified atom stereocenters. The van der Waals surface area contributed by atoms with Crippen LogP contribution in [0.15, 0.2) is 35.4 Å². The summed E-state index contributed by atoms with van der Waals surface area (Å²) in [6.45, 7) is 22.1. The topological polar surface area (TPSA) is 139 Å². The number of Topliss-reactive ketones (excluding diaryl/α,β-unsaturated/α-hetero) is 1. The van der Waals surface area contributed by atoms with Crippen LogP contribution in [0.4, 0.5) is 0 Å². The molecule has 3 N–H and O–H groups in total. The smallest absolute Gasteiger partial charge is 0.309 e. The van der Waals surface area contributed by atoms with Crippen LogP contribution in [0, 0.1) is 69.5 Å². The molecule has 0 aliphatic heterocycles. The summed E-state index contributed by atoms with van der Waals surface area (Å²) in [5, 5.41) is 16.3. The van der Waals surface area contributed by atoms with E-state index in [4.69, 9.17) is 4.74 Å². The Kier molecular flexibility index (Phi) is 9.43. The number of hydrogen-bond donors (Lipinski definition) is 3. The predicted molar refractivity (Wildman–Crippen MR) is 221 cm³/mol. The Morgan fingerprint density at radius 3 is 2.03 bits per heavy atom. The van der Waals surface area contributed by atoms with Crippen molar-refractivity contribution in [3.8, 4) is 0 Å². The number of carboxylic acids is 1. The van der Waals surface area contributed by atoms with E-state index in [-0.39, 0.29) is 63.2 Å². The van der Waals surface area contributed by atoms with Crippen molar-refractivity contribution >= 4 is 29.5 Å². The molecule has 6 fully saturated rings. The normalized spacial score (nSPS) is 40.2. The number of rotatable bonds is 8. The Hall–Kier alpha value is -3.49. The number of carbonyl (C=O) groups is 5. The summed E-state index contributed by atoms with van der Waals surface area (Å²) in [4.78, 5) is 67.4. The predicted octanol–water partition coefficient (Wildman–Crippen LogP) is 8.77. The zero-order valence-corrected chi connectivity index (χ0v) is 36.7. The van der Waals surface area contributed by atoms with Crippen molar-refractivity contribution in [2.24, 2.45) is 62.6 Å². The number of benzene rings is 1. The third kappa shape index (κ3) is 5.76. The quantitative estimate of drug-likeness (QED) is 0.224. The minimum Gasteiger partial charge on any atom is -0.481 e. The van der Waals surface area contributed by atoms with Gasteiger partial charge in [0.15, 0.2) is 5.78 Å². The number of nitrogens with one attached hydrogen (secondary N) is 2. The van der Waals surface area contributed by atoms with Crippen LogP contribution in [0.5, 0.6) is 0 Å². The number of hydrogen-bond acceptors (Lipinski definition) is 6. The minimum atomic E-state index is -0.961. The number of aliphatic carboxylic acids is 1. The summed E-state index contributed by atoms with van der Waals surface area (Å²) in [5.74, 6) is -1.25. The summed E-state index contributed by atoms with van der Waals surface area (Å²) < 4.78 is 6.42. The zero-order chi connectivity index (χ0) is 42.2. The van der Waals surface area contributed by atoms with Gasteiger partial charge in [0.25, 0.3) is 5.91 Å². The van der Waals surface area contributed by atoms with Gasteiger partial charge in [-0.2, -0.15) is 0 Å². The van der Waals surface area contributed by atoms with Gasteiger partial charge in [-0.3, -0.25) is 24.0 Å². The van der Waals surface area contributed by atoms with E-state index < -0.39 is 34.3 Å². The fraction of sp³-hybridized carbons (Fsp3) is 0.735. The summed E-state index contributed by atoms with van der Waals surface area (Å²) >= 11 is 0. The standard InChI is InChI=1S/C49H68N2O7/c1-27(2)37-33(52)26-49(51-42(57)48(23-24-48)50-39(53)29-13-11-28(3)12-14-29)22-21-46(9)30(38(37)49)15-16-35-45(8)19-18-36(44(6,7)34(45)17-20-47(35,46)10)58-41(56)32-25-31(40(54)55)43(32,4)5/h11-14,27,30-32,34-36H,15-26H2,1-10H3,(H,50,53)(H,51,57)(H,54,55)/t30-,31+,32?,34+,35-,36+,45+,46-,47-,49-/m1/s1. The lowest BCUT2D eigenvalue weighted by Crippen LogP contribution is -2.68. The van der Waals surface area contributed by atoms with Crippen LogP contribution in [0.25, 0.3) is 0 Å². The van der Waals surface area contributed by atoms with Crippen molar-refractivity contribution in [2.45, 2.75) is 163 Å². The zero-order valence-electron chi connectivity index (χ0n) is 36.7. The molecular weight excluding hydrogens is 729 g/mol. The number of aryl methyl sites for hydroxylation is 1. The highest BCUT2D eigenvalue weighted by molar-refractivity contribution is 6.04. The third-order valence-electron chi connectivity index (χ3n) is 18.7. The molecule has 6 saturated carbocycles. The Morgan fingerprint density at radius 1 is 0.759 bits per heavy atom. The average Bonchev–Trinajstić information content (AvgIpc) is 3.85. The average molecular weight is 797 g/mol. The number of fused-ring (bicyclic) bond motifs is 7. The molecule has 0 heterocycles. The largest absolute Gasteiger partial charge is 0.481 e. The van der Waals surface area contributed by atoms with Gasteiger partial charge >= 0.3 is 11.9 Å². The molecule has 7 aliphatic rings. The molecule has 9 heteroatoms. The second-order valence-electron chi connectivity index (χ2n) is 22.4. The van der Waals surface area contributed by atoms with Gasteiger partial charge in [-0.15, -0.1) is 0 Å². The van der Waals surface area contributed by atoms with Gasteiger partial charge in [0.1, 0.15) is 11.6 Å². The van der Waals surface area contributed by atoms with Crippen molar-refractivity contribution in [3.05, 3.63) is 46.5 Å². The van der Waals surface area contributed by atoms with Crippen LogP contribution in [0.1, 0.15) is 155 Å². The van der Waals surface area contributed by atoms with E-state index in [9.17, 15) is 29.1 Å². The Morgan fingerprint density at radius 2 is 1.43 bits per heavy atom. The molecule has 0 radical (unpaired) electrons. The van der Waals surface area contributed by atoms with Gasteiger partial charge in [-0.1, -0.05) is 80.0 Å². The summed E-state index contributed by atoms with van der Waals surface area (Å²) in [6.07, 6.45) is 9.05. The van der Waals surface area contributed by atoms with Crippen molar-refractivity contribution < 1.29 is 33.8 Å². The highest BCUT2D eigenvalue weighted by atomic mass is 16.5. The molecule has 316 valence electrons. The second kappa shape index (κ2) is 13.3. The lowest BCUT2D eigenvalue weighted by atomic mass is 9.33. The number of ether oxygens (including phenoxy) is 1. The molecule has 1 aromatic rings. The number of amides is 2. The van der Waals surface area contributed by atoms with Gasteiger partial charge in [0.2, 0.25) is 5.91 Å². The monoisotopic (exact) mass is 797 g/mol. The van der Waals surface area contributed by atoms with Crippen LogP contribution in [0.2, 0.25) is 0 Å². The summed E-state index contributed by atoms with van der Waals surface area (Å²) in [6, 6.07) is 7.41. The van der Waals surface area contributed by atoms with Crippen LogP contribution < -0.4 is 10.6 Å². The SMILES string of the molecule is Cc1ccc(C(=O)NC2(C(=O)N[C@@]34CC[C@]5(C)[C@H](CC[C@@H]6[C@@]7(C)CC[C@H](OC(=O)C8C[C@@H](C(=O)O)C8(C)C)C(C)(C)[C@@H]7CC[C@]65C)C3=C(C(C)C)C(=O)C4)CC2)cc1. The molecular formula is C49H68N2O7. The van der Waals surface area contributed by atoms with Crippen molar-refractivity contribution in [2.75, 3.05) is 0 Å². The third-order valence-corrected chi connectivity index (χ3v) is 18.7. The molecule has 0 aromatic heterocycles. The van der Waals surface area contributed by atoms with Gasteiger partial charge < -0.3 is 20.5 Å². The molecule has 0 saturated heterocycles. The van der Waals surface area contributed by atoms with E-state index in [0.717, 1.165) is 56.1 Å². The summed E-state index contributed by atoms with van der Waals surface area (Å²) in [5.41, 5.74) is 1.09. The molecule has 10 atom stereocenters. The van der Waals surface area contributed by atoms with Crippen LogP contribution in [0.3, 0.4) is 0 Å². The van der Waals surface area contributed by atoms with Crippen LogP contribution >= 0.6 is 0 Å². The van der Waals surface area contributed by atoms with Gasteiger partial charge in [0, 0.05) is 17.4 Å². The molecule has 1 aromatic carbocycles. The lowest BCUT2D eigenvalue weighted by Gasteiger charge is -2.72. The number of ketones is 1. The molecule has 58 heavy (non-hydrogen) atoms. The highest BCUT2D eigenvalue weighted by Gasteiger charge is 2.71. The number of esters is 1. The fourth-order valence-electron chi connectivity index (χ4n) is 14.8. The molecule has 8 rings (SSSR count). The first-order chi connectivity index (χ1) is 27.0. The summed E-state index contributed by atoms with van der Waals surface area (Å²) in [7, 11) is 0. The number of carbonyl (C=O) groups excluding carboxylic acids is 4. The molecule has 9 nitrogen and oxygen atoms in total. The Labute approximate surface area is 345 Å². The molecule has 0 spiro atoms. The molecule has 7 aliphatic carbocycles. The van der Waals surface area contributed by atoms with Crippen LogP contribution in [-0.4, -0.2) is 51.8 Å². The van der Waals surface area contributed by atoms with E-state index in [0.29, 0.717) is 49.5 Å². The van der Waals surface area contributed by atoms with Gasteiger partial charge in [-0.05, 0) is 146 Å². The van der Waals surface area contributed by atoms with E-state index in [1.54, 1.807) is 12.1 Å². The maximum absolute atomic E-state index is 14.4. The van der Waals surface area contributed by atoms with Crippen molar-refractivity contribution in [3.63, 3.8) is 0 Å². The molecule has 0 bridgehead atoms. The first-order valence-corrected chi connectivity index (χ1v) is 22.4. The van der Waals surface area contributed by atoms with Gasteiger partial charge in [-0.25, -0.2) is 0 Å². The first kappa shape index (κ1) is 41.3. The number of carboxylic acid groups (broad SMARTS) is 1. The lowest BCUT2D eigenvalue weighted by molar-refractivity contribution is -0.235. The minimum absolute atomic E-state index is 0.000811. The van der Waals surface area contributed by atoms with Crippen molar-refractivity contribution in [1.82, 2.24) is 10.6 Å².